The molecule has 1 amide bonds. The molecule has 0 saturated carbocycles. The third-order valence-corrected chi connectivity index (χ3v) is 6.76. The number of thiazole rings is 1. The number of nitrogens with zero attached hydrogens (tertiary/aromatic N) is 2. The van der Waals surface area contributed by atoms with Gasteiger partial charge in [-0.25, -0.2) is 13.4 Å². The van der Waals surface area contributed by atoms with E-state index in [-0.39, 0.29) is 32.4 Å². The van der Waals surface area contributed by atoms with Crippen LogP contribution in [0.15, 0.2) is 23.1 Å². The van der Waals surface area contributed by atoms with Crippen molar-refractivity contribution in [2.45, 2.75) is 18.2 Å². The number of carbonyl (C=O) groups excluding carboxylic acids is 1. The molecule has 0 unspecified atom stereocenters. The number of benzene rings is 1. The maximum Gasteiger partial charge on any atom is 0.263 e. The van der Waals surface area contributed by atoms with Gasteiger partial charge in [0.05, 0.1) is 30.2 Å². The Hall–Kier alpha value is -1.39. The summed E-state index contributed by atoms with van der Waals surface area (Å²) in [4.78, 5) is 19.1. The molecule has 1 N–H and O–H groups in total. The van der Waals surface area contributed by atoms with Crippen LogP contribution in [0.1, 0.15) is 10.6 Å². The Balaban J connectivity index is 1.74. The van der Waals surface area contributed by atoms with Gasteiger partial charge in [-0.3, -0.25) is 9.52 Å². The van der Waals surface area contributed by atoms with Gasteiger partial charge in [0.2, 0.25) is 5.91 Å². The topological polar surface area (TPSA) is 88.6 Å². The molecule has 1 aliphatic heterocycles. The van der Waals surface area contributed by atoms with Crippen LogP contribution in [0, 0.1) is 6.92 Å². The molecule has 2 aromatic rings. The Morgan fingerprint density at radius 2 is 1.89 bits per heavy atom. The number of carbonyl (C=O) groups is 1. The Kier molecular flexibility index (Phi) is 6.27. The van der Waals surface area contributed by atoms with Crippen molar-refractivity contribution in [1.82, 2.24) is 9.88 Å². The molecule has 3 rings (SSSR count). The van der Waals surface area contributed by atoms with Gasteiger partial charge in [0.25, 0.3) is 10.0 Å². The molecule has 1 aliphatic rings. The molecule has 0 aliphatic carbocycles. The molecule has 1 saturated heterocycles. The summed E-state index contributed by atoms with van der Waals surface area (Å²) in [6.07, 6.45) is 0.118. The average molecular weight is 450 g/mol. The first-order valence-corrected chi connectivity index (χ1v) is 11.1. The third kappa shape index (κ3) is 5.11. The summed E-state index contributed by atoms with van der Waals surface area (Å²) < 4.78 is 32.7. The number of hydrogen-bond acceptors (Lipinski definition) is 6. The first-order chi connectivity index (χ1) is 12.7. The highest BCUT2D eigenvalue weighted by atomic mass is 35.5. The average Bonchev–Trinajstić information content (AvgIpc) is 2.93. The molecule has 1 aromatic carbocycles. The van der Waals surface area contributed by atoms with Crippen LogP contribution in [0.2, 0.25) is 10.0 Å². The Morgan fingerprint density at radius 3 is 2.52 bits per heavy atom. The molecule has 1 fully saturated rings. The zero-order valence-corrected chi connectivity index (χ0v) is 17.5. The molecule has 0 bridgehead atoms. The largest absolute Gasteiger partial charge is 0.378 e. The lowest BCUT2D eigenvalue weighted by Gasteiger charge is -2.26. The van der Waals surface area contributed by atoms with Crippen molar-refractivity contribution >= 4 is 55.6 Å². The Morgan fingerprint density at radius 1 is 1.26 bits per heavy atom. The van der Waals surface area contributed by atoms with E-state index in [0.717, 1.165) is 4.88 Å². The van der Waals surface area contributed by atoms with Crippen molar-refractivity contribution < 1.29 is 17.9 Å². The Bertz CT molecular complexity index is 936. The van der Waals surface area contributed by atoms with Gasteiger partial charge in [-0.2, -0.15) is 0 Å². The summed E-state index contributed by atoms with van der Waals surface area (Å²) in [6.45, 7) is 3.95. The lowest BCUT2D eigenvalue weighted by atomic mass is 10.2. The van der Waals surface area contributed by atoms with Gasteiger partial charge in [0.15, 0.2) is 5.13 Å². The van der Waals surface area contributed by atoms with E-state index in [9.17, 15) is 13.2 Å². The van der Waals surface area contributed by atoms with Crippen LogP contribution in [-0.2, 0) is 26.0 Å². The van der Waals surface area contributed by atoms with Crippen molar-refractivity contribution in [3.63, 3.8) is 0 Å². The van der Waals surface area contributed by atoms with Crippen LogP contribution in [0.3, 0.4) is 0 Å². The van der Waals surface area contributed by atoms with Gasteiger partial charge in [-0.05, 0) is 25.1 Å². The minimum Gasteiger partial charge on any atom is -0.378 e. The van der Waals surface area contributed by atoms with E-state index >= 15 is 0 Å². The summed E-state index contributed by atoms with van der Waals surface area (Å²) >= 11 is 12.9. The SMILES string of the molecule is Cc1sc(NS(=O)(=O)c2cc(Cl)cc(Cl)c2)nc1CC(=O)N1CCOCC1. The van der Waals surface area contributed by atoms with E-state index in [1.54, 1.807) is 11.8 Å². The number of morpholine rings is 1. The number of ether oxygens (including phenoxy) is 1. The normalized spacial score (nSPS) is 15.0. The molecule has 1 aromatic heterocycles. The molecule has 0 radical (unpaired) electrons. The van der Waals surface area contributed by atoms with Gasteiger partial charge in [-0.1, -0.05) is 23.2 Å². The fourth-order valence-corrected chi connectivity index (χ4v) is 5.35. The van der Waals surface area contributed by atoms with Gasteiger partial charge < -0.3 is 9.64 Å². The van der Waals surface area contributed by atoms with Gasteiger partial charge in [0, 0.05) is 28.0 Å². The summed E-state index contributed by atoms with van der Waals surface area (Å²) in [7, 11) is -3.89. The second-order valence-electron chi connectivity index (χ2n) is 5.90. The smallest absolute Gasteiger partial charge is 0.263 e. The lowest BCUT2D eigenvalue weighted by Crippen LogP contribution is -2.41. The molecule has 0 spiro atoms. The van der Waals surface area contributed by atoms with Gasteiger partial charge in [0.1, 0.15) is 0 Å². The van der Waals surface area contributed by atoms with Gasteiger partial charge >= 0.3 is 0 Å². The molecular weight excluding hydrogens is 433 g/mol. The highest BCUT2D eigenvalue weighted by Gasteiger charge is 2.22. The Labute approximate surface area is 171 Å². The monoisotopic (exact) mass is 449 g/mol. The second kappa shape index (κ2) is 8.32. The maximum atomic E-state index is 12.5. The number of anilines is 1. The van der Waals surface area contributed by atoms with Crippen LogP contribution in [0.4, 0.5) is 5.13 Å². The van der Waals surface area contributed by atoms with E-state index in [1.807, 2.05) is 0 Å². The van der Waals surface area contributed by atoms with Crippen LogP contribution < -0.4 is 4.72 Å². The number of aromatic nitrogens is 1. The van der Waals surface area contributed by atoms with Crippen LogP contribution in [-0.4, -0.2) is 50.5 Å². The van der Waals surface area contributed by atoms with Crippen LogP contribution in [0.25, 0.3) is 0 Å². The first kappa shape index (κ1) is 20.3. The highest BCUT2D eigenvalue weighted by Crippen LogP contribution is 2.27. The molecular formula is C16H17Cl2N3O4S2. The molecule has 11 heteroatoms. The van der Waals surface area contributed by atoms with Crippen molar-refractivity contribution in [2.24, 2.45) is 0 Å². The van der Waals surface area contributed by atoms with E-state index in [4.69, 9.17) is 27.9 Å². The predicted octanol–water partition coefficient (Wildman–Crippen LogP) is 2.96. The quantitative estimate of drug-likeness (QED) is 0.757. The lowest BCUT2D eigenvalue weighted by molar-refractivity contribution is -0.134. The third-order valence-electron chi connectivity index (χ3n) is 3.94. The summed E-state index contributed by atoms with van der Waals surface area (Å²) in [6, 6.07) is 4.06. The predicted molar refractivity (Wildman–Crippen MR) is 105 cm³/mol. The standard InChI is InChI=1S/C16H17Cl2N3O4S2/c1-10-14(9-15(22)21-2-4-25-5-3-21)19-16(26-10)20-27(23,24)13-7-11(17)6-12(18)8-13/h6-8H,2-5,9H2,1H3,(H,19,20). The molecule has 27 heavy (non-hydrogen) atoms. The van der Waals surface area contributed by atoms with E-state index < -0.39 is 10.0 Å². The maximum absolute atomic E-state index is 12.5. The fourth-order valence-electron chi connectivity index (χ4n) is 2.56. The first-order valence-electron chi connectivity index (χ1n) is 8.05. The number of amides is 1. The zero-order valence-electron chi connectivity index (χ0n) is 14.4. The molecule has 0 atom stereocenters. The highest BCUT2D eigenvalue weighted by molar-refractivity contribution is 7.93. The van der Waals surface area contributed by atoms with Crippen LogP contribution in [0.5, 0.6) is 0 Å². The number of aryl methyl sites for hydroxylation is 1. The minimum absolute atomic E-state index is 0.0530. The number of rotatable bonds is 5. The van der Waals surface area contributed by atoms with Crippen LogP contribution >= 0.6 is 34.5 Å². The minimum atomic E-state index is -3.89. The number of halogens is 2. The van der Waals surface area contributed by atoms with Crippen molar-refractivity contribution in [3.05, 3.63) is 38.8 Å². The van der Waals surface area contributed by atoms with E-state index in [0.29, 0.717) is 32.0 Å². The van der Waals surface area contributed by atoms with Crippen molar-refractivity contribution in [2.75, 3.05) is 31.0 Å². The second-order valence-corrected chi connectivity index (χ2v) is 9.66. The zero-order chi connectivity index (χ0) is 19.6. The molecule has 7 nitrogen and oxygen atoms in total. The summed E-state index contributed by atoms with van der Waals surface area (Å²) in [5, 5.41) is 0.623. The van der Waals surface area contributed by atoms with E-state index in [1.165, 1.54) is 29.5 Å². The summed E-state index contributed by atoms with van der Waals surface area (Å²) in [5.41, 5.74) is 0.554. The van der Waals surface area contributed by atoms with E-state index in [2.05, 4.69) is 9.71 Å². The fraction of sp³-hybridized carbons (Fsp3) is 0.375. The van der Waals surface area contributed by atoms with Crippen molar-refractivity contribution in [3.8, 4) is 0 Å². The van der Waals surface area contributed by atoms with Crippen molar-refractivity contribution in [1.29, 1.82) is 0 Å². The number of hydrogen-bond donors (Lipinski definition) is 1. The molecule has 2 heterocycles. The number of sulfonamides is 1. The molecule has 146 valence electrons. The van der Waals surface area contributed by atoms with Gasteiger partial charge in [-0.15, -0.1) is 11.3 Å². The number of nitrogens with one attached hydrogen (secondary N) is 1. The summed E-state index contributed by atoms with van der Waals surface area (Å²) in [5.74, 6) is -0.0530.